The Labute approximate surface area is 72.8 Å². The third kappa shape index (κ3) is 10.1. The van der Waals surface area contributed by atoms with Gasteiger partial charge < -0.3 is 5.73 Å². The van der Waals surface area contributed by atoms with Crippen molar-refractivity contribution in [3.05, 3.63) is 0 Å². The lowest BCUT2D eigenvalue weighted by molar-refractivity contribution is 0.00919. The number of hydrogen-bond donors (Lipinski definition) is 1. The minimum absolute atomic E-state index is 0. The predicted molar refractivity (Wildman–Crippen MR) is 45.4 cm³/mol. The van der Waals surface area contributed by atoms with Gasteiger partial charge in [0, 0.05) is 12.5 Å². The Hall–Kier alpha value is 0.110. The van der Waals surface area contributed by atoms with E-state index in [2.05, 4.69) is 0 Å². The van der Waals surface area contributed by atoms with Crippen LogP contribution in [-0.4, -0.2) is 12.0 Å². The molecular formula is C7H16ClF2N. The van der Waals surface area contributed by atoms with Crippen LogP contribution in [0.25, 0.3) is 0 Å². The molecule has 0 saturated heterocycles. The zero-order valence-corrected chi connectivity index (χ0v) is 7.76. The summed E-state index contributed by atoms with van der Waals surface area (Å²) in [7, 11) is 0. The average molecular weight is 188 g/mol. The normalized spacial score (nSPS) is 13.9. The van der Waals surface area contributed by atoms with Gasteiger partial charge in [0.2, 0.25) is 5.92 Å². The Balaban J connectivity index is 0. The molecule has 1 atom stereocenters. The molecule has 0 aromatic rings. The molecule has 0 aromatic heterocycles. The maximum atomic E-state index is 12.2. The van der Waals surface area contributed by atoms with Gasteiger partial charge in [-0.3, -0.25) is 0 Å². The summed E-state index contributed by atoms with van der Waals surface area (Å²) < 4.78 is 24.3. The van der Waals surface area contributed by atoms with E-state index in [-0.39, 0.29) is 24.9 Å². The first kappa shape index (κ1) is 13.7. The molecule has 0 amide bonds. The van der Waals surface area contributed by atoms with Crippen molar-refractivity contribution in [1.29, 1.82) is 0 Å². The third-order valence-corrected chi connectivity index (χ3v) is 1.48. The van der Waals surface area contributed by atoms with Crippen LogP contribution in [0.15, 0.2) is 0 Å². The van der Waals surface area contributed by atoms with Gasteiger partial charge in [-0.2, -0.15) is 0 Å². The summed E-state index contributed by atoms with van der Waals surface area (Å²) in [5, 5.41) is 0. The minimum atomic E-state index is -2.55. The van der Waals surface area contributed by atoms with Crippen molar-refractivity contribution < 1.29 is 8.78 Å². The molecule has 1 nitrogen and oxygen atoms in total. The van der Waals surface area contributed by atoms with Crippen LogP contribution in [0.1, 0.15) is 33.1 Å². The van der Waals surface area contributed by atoms with Gasteiger partial charge in [0.05, 0.1) is 0 Å². The average Bonchev–Trinajstić information content (AvgIpc) is 1.81. The Morgan fingerprint density at radius 2 is 1.91 bits per heavy atom. The van der Waals surface area contributed by atoms with E-state index in [0.29, 0.717) is 6.42 Å². The maximum Gasteiger partial charge on any atom is 0.245 e. The smallest absolute Gasteiger partial charge is 0.245 e. The van der Waals surface area contributed by atoms with Crippen LogP contribution in [0.4, 0.5) is 8.78 Å². The van der Waals surface area contributed by atoms with Gasteiger partial charge in [-0.1, -0.05) is 6.92 Å². The Morgan fingerprint density at radius 1 is 1.45 bits per heavy atom. The number of nitrogens with two attached hydrogens (primary N) is 1. The highest BCUT2D eigenvalue weighted by Gasteiger charge is 2.21. The molecule has 0 radical (unpaired) electrons. The summed E-state index contributed by atoms with van der Waals surface area (Å²) in [6.45, 7) is 2.83. The second-order valence-corrected chi connectivity index (χ2v) is 2.78. The summed E-state index contributed by atoms with van der Waals surface area (Å²) in [6, 6.07) is -0.0641. The van der Waals surface area contributed by atoms with Crippen LogP contribution in [0.3, 0.4) is 0 Å². The molecular weight excluding hydrogens is 172 g/mol. The second kappa shape index (κ2) is 5.72. The van der Waals surface area contributed by atoms with Crippen LogP contribution in [0, 0.1) is 0 Å². The van der Waals surface area contributed by atoms with Crippen LogP contribution in [0.5, 0.6) is 0 Å². The first-order valence-corrected chi connectivity index (χ1v) is 3.59. The lowest BCUT2D eigenvalue weighted by Crippen LogP contribution is -2.22. The van der Waals surface area contributed by atoms with E-state index in [0.717, 1.165) is 13.3 Å². The van der Waals surface area contributed by atoms with Gasteiger partial charge in [-0.05, 0) is 19.8 Å². The van der Waals surface area contributed by atoms with Gasteiger partial charge in [0.15, 0.2) is 0 Å². The van der Waals surface area contributed by atoms with E-state index >= 15 is 0 Å². The molecule has 0 spiro atoms. The minimum Gasteiger partial charge on any atom is -0.328 e. The molecule has 11 heavy (non-hydrogen) atoms. The van der Waals surface area contributed by atoms with Crippen LogP contribution in [-0.2, 0) is 0 Å². The van der Waals surface area contributed by atoms with E-state index in [1.54, 1.807) is 0 Å². The number of halogens is 3. The number of hydrogen-bond acceptors (Lipinski definition) is 1. The maximum absolute atomic E-state index is 12.2. The second-order valence-electron chi connectivity index (χ2n) is 2.78. The molecule has 70 valence electrons. The molecule has 0 saturated carbocycles. The molecule has 0 aliphatic rings. The monoisotopic (exact) mass is 187 g/mol. The van der Waals surface area contributed by atoms with E-state index in [9.17, 15) is 8.78 Å². The number of alkyl halides is 2. The van der Waals surface area contributed by atoms with Gasteiger partial charge >= 0.3 is 0 Å². The summed E-state index contributed by atoms with van der Waals surface area (Å²) in [5.74, 6) is -2.55. The Kier molecular flexibility index (Phi) is 7.12. The highest BCUT2D eigenvalue weighted by molar-refractivity contribution is 5.85. The molecule has 0 aliphatic heterocycles. The summed E-state index contributed by atoms with van der Waals surface area (Å²) in [5.41, 5.74) is 5.45. The van der Waals surface area contributed by atoms with Crippen molar-refractivity contribution in [1.82, 2.24) is 0 Å². The largest absolute Gasteiger partial charge is 0.328 e. The fraction of sp³-hybridized carbons (Fsp3) is 1.00. The van der Waals surface area contributed by atoms with Crippen molar-refractivity contribution in [2.24, 2.45) is 5.73 Å². The fourth-order valence-electron chi connectivity index (χ4n) is 0.643. The van der Waals surface area contributed by atoms with Gasteiger partial charge in [0.1, 0.15) is 0 Å². The molecule has 0 rings (SSSR count). The lowest BCUT2D eigenvalue weighted by Gasteiger charge is -2.12. The zero-order valence-electron chi connectivity index (χ0n) is 6.94. The highest BCUT2D eigenvalue weighted by Crippen LogP contribution is 2.19. The van der Waals surface area contributed by atoms with Crippen molar-refractivity contribution in [3.63, 3.8) is 0 Å². The Bertz CT molecular complexity index is 92.9. The zero-order chi connectivity index (χ0) is 8.20. The standard InChI is InChI=1S/C7H15F2N.ClH/c1-3-6(10)4-5-7(2,8)9;/h6H,3-5,10H2,1-2H3;1H. The fourth-order valence-corrected chi connectivity index (χ4v) is 0.643. The quantitative estimate of drug-likeness (QED) is 0.720. The molecule has 1 unspecified atom stereocenters. The topological polar surface area (TPSA) is 26.0 Å². The van der Waals surface area contributed by atoms with E-state index in [1.807, 2.05) is 6.92 Å². The summed E-state index contributed by atoms with van der Waals surface area (Å²) in [6.07, 6.45) is 1.10. The van der Waals surface area contributed by atoms with E-state index < -0.39 is 5.92 Å². The summed E-state index contributed by atoms with van der Waals surface area (Å²) in [4.78, 5) is 0. The van der Waals surface area contributed by atoms with Gasteiger partial charge in [0.25, 0.3) is 0 Å². The van der Waals surface area contributed by atoms with E-state index in [1.165, 1.54) is 0 Å². The van der Waals surface area contributed by atoms with Crippen LogP contribution in [0.2, 0.25) is 0 Å². The predicted octanol–water partition coefficient (Wildman–Crippen LogP) is 2.58. The lowest BCUT2D eigenvalue weighted by atomic mass is 10.1. The molecule has 2 N–H and O–H groups in total. The molecule has 0 aromatic carbocycles. The van der Waals surface area contributed by atoms with Crippen LogP contribution < -0.4 is 5.73 Å². The molecule has 4 heteroatoms. The summed E-state index contributed by atoms with van der Waals surface area (Å²) >= 11 is 0. The van der Waals surface area contributed by atoms with Crippen LogP contribution >= 0.6 is 12.4 Å². The van der Waals surface area contributed by atoms with Crippen molar-refractivity contribution >= 4 is 12.4 Å². The first-order chi connectivity index (χ1) is 4.45. The molecule has 0 fully saturated rings. The molecule has 0 bridgehead atoms. The molecule has 0 heterocycles. The van der Waals surface area contributed by atoms with Gasteiger partial charge in [-0.15, -0.1) is 12.4 Å². The van der Waals surface area contributed by atoms with Crippen molar-refractivity contribution in [3.8, 4) is 0 Å². The molecule has 0 aliphatic carbocycles. The first-order valence-electron chi connectivity index (χ1n) is 3.59. The van der Waals surface area contributed by atoms with Crippen molar-refractivity contribution in [2.75, 3.05) is 0 Å². The Morgan fingerprint density at radius 3 is 2.18 bits per heavy atom. The number of rotatable bonds is 4. The highest BCUT2D eigenvalue weighted by atomic mass is 35.5. The van der Waals surface area contributed by atoms with Crippen molar-refractivity contribution in [2.45, 2.75) is 45.1 Å². The third-order valence-electron chi connectivity index (χ3n) is 1.48. The van der Waals surface area contributed by atoms with E-state index in [4.69, 9.17) is 5.73 Å². The SMILES string of the molecule is CCC(N)CCC(C)(F)F.Cl. The van der Waals surface area contributed by atoms with Gasteiger partial charge in [-0.25, -0.2) is 8.78 Å².